The van der Waals surface area contributed by atoms with Crippen LogP contribution in [-0.4, -0.2) is 23.5 Å². The van der Waals surface area contributed by atoms with Crippen molar-refractivity contribution in [3.63, 3.8) is 0 Å². The lowest BCUT2D eigenvalue weighted by Crippen LogP contribution is -2.33. The van der Waals surface area contributed by atoms with Crippen molar-refractivity contribution in [3.05, 3.63) is 52.6 Å². The minimum absolute atomic E-state index is 0.204. The summed E-state index contributed by atoms with van der Waals surface area (Å²) in [6.45, 7) is 11.7. The summed E-state index contributed by atoms with van der Waals surface area (Å²) in [7, 11) is 0. The van der Waals surface area contributed by atoms with Gasteiger partial charge in [0.2, 0.25) is 5.91 Å². The fraction of sp³-hybridized carbons (Fsp3) is 0.409. The van der Waals surface area contributed by atoms with Gasteiger partial charge in [0.25, 0.3) is 0 Å². The van der Waals surface area contributed by atoms with E-state index in [0.717, 1.165) is 18.7 Å². The van der Waals surface area contributed by atoms with Crippen molar-refractivity contribution in [1.29, 1.82) is 0 Å². The Labute approximate surface area is 165 Å². The molecule has 138 valence electrons. The number of nitrogens with zero attached hydrogens (tertiary/aromatic N) is 1. The van der Waals surface area contributed by atoms with Gasteiger partial charge in [-0.1, -0.05) is 25.1 Å². The molecule has 0 unspecified atom stereocenters. The first-order valence-electron chi connectivity index (χ1n) is 9.14. The van der Waals surface area contributed by atoms with Crippen molar-refractivity contribution in [3.8, 4) is 0 Å². The molecular weight excluding hydrogens is 358 g/mol. The number of anilines is 1. The Morgan fingerprint density at radius 1 is 1.15 bits per heavy atom. The van der Waals surface area contributed by atoms with Crippen molar-refractivity contribution >= 4 is 35.1 Å². The molecule has 0 saturated heterocycles. The Kier molecular flexibility index (Phi) is 6.03. The number of carbonyl (C=O) groups excluding carboxylic acids is 1. The van der Waals surface area contributed by atoms with Gasteiger partial charge in [-0.3, -0.25) is 4.79 Å². The maximum Gasteiger partial charge on any atom is 0.237 e. The van der Waals surface area contributed by atoms with E-state index in [-0.39, 0.29) is 5.91 Å². The van der Waals surface area contributed by atoms with Crippen LogP contribution in [-0.2, 0) is 4.79 Å². The fourth-order valence-electron chi connectivity index (χ4n) is 3.35. The van der Waals surface area contributed by atoms with Crippen LogP contribution in [0.5, 0.6) is 0 Å². The van der Waals surface area contributed by atoms with Gasteiger partial charge in [0, 0.05) is 21.6 Å². The minimum atomic E-state index is 0.204. The fourth-order valence-corrected chi connectivity index (χ4v) is 5.65. The predicted octanol–water partition coefficient (Wildman–Crippen LogP) is 5.93. The molecule has 3 rings (SSSR count). The van der Waals surface area contributed by atoms with Crippen molar-refractivity contribution < 1.29 is 4.79 Å². The summed E-state index contributed by atoms with van der Waals surface area (Å²) in [4.78, 5) is 17.6. The SMILES string of the molecule is Cc1cc(C)c(C)c(SCC(=O)N2CC[C@@H](C)Sc3ccccc32)c1C. The van der Waals surface area contributed by atoms with E-state index < -0.39 is 0 Å². The summed E-state index contributed by atoms with van der Waals surface area (Å²) < 4.78 is 0. The predicted molar refractivity (Wildman–Crippen MR) is 115 cm³/mol. The number of thioether (sulfide) groups is 2. The number of para-hydroxylation sites is 1. The van der Waals surface area contributed by atoms with Gasteiger partial charge in [-0.25, -0.2) is 0 Å². The number of aryl methyl sites for hydroxylation is 2. The van der Waals surface area contributed by atoms with Crippen LogP contribution in [0.25, 0.3) is 0 Å². The maximum absolute atomic E-state index is 13.1. The van der Waals surface area contributed by atoms with Crippen LogP contribution in [0.4, 0.5) is 5.69 Å². The van der Waals surface area contributed by atoms with E-state index in [9.17, 15) is 4.79 Å². The Morgan fingerprint density at radius 3 is 2.50 bits per heavy atom. The molecule has 26 heavy (non-hydrogen) atoms. The first kappa shape index (κ1) is 19.4. The number of hydrogen-bond donors (Lipinski definition) is 0. The molecule has 0 saturated carbocycles. The minimum Gasteiger partial charge on any atom is -0.311 e. The van der Waals surface area contributed by atoms with Gasteiger partial charge in [-0.05, 0) is 68.5 Å². The molecule has 0 spiro atoms. The summed E-state index contributed by atoms with van der Waals surface area (Å²) in [5, 5.41) is 0.533. The molecule has 0 N–H and O–H groups in total. The van der Waals surface area contributed by atoms with Gasteiger partial charge in [-0.2, -0.15) is 0 Å². The average molecular weight is 386 g/mol. The summed E-state index contributed by atoms with van der Waals surface area (Å²) >= 11 is 3.56. The monoisotopic (exact) mass is 385 g/mol. The quantitative estimate of drug-likeness (QED) is 0.611. The van der Waals surface area contributed by atoms with Gasteiger partial charge in [-0.15, -0.1) is 23.5 Å². The number of carbonyl (C=O) groups is 1. The van der Waals surface area contributed by atoms with Crippen LogP contribution in [0.2, 0.25) is 0 Å². The van der Waals surface area contributed by atoms with Gasteiger partial charge >= 0.3 is 0 Å². The maximum atomic E-state index is 13.1. The topological polar surface area (TPSA) is 20.3 Å². The highest BCUT2D eigenvalue weighted by Gasteiger charge is 2.24. The molecule has 0 aliphatic carbocycles. The molecule has 0 radical (unpaired) electrons. The van der Waals surface area contributed by atoms with Crippen LogP contribution >= 0.6 is 23.5 Å². The van der Waals surface area contributed by atoms with Crippen LogP contribution in [0.3, 0.4) is 0 Å². The van der Waals surface area contributed by atoms with Crippen molar-refractivity contribution in [2.75, 3.05) is 17.2 Å². The van der Waals surface area contributed by atoms with Crippen LogP contribution in [0, 0.1) is 27.7 Å². The van der Waals surface area contributed by atoms with Crippen molar-refractivity contribution in [2.24, 2.45) is 0 Å². The van der Waals surface area contributed by atoms with Crippen LogP contribution < -0.4 is 4.90 Å². The second-order valence-corrected chi connectivity index (χ2v) is 9.57. The van der Waals surface area contributed by atoms with E-state index in [0.29, 0.717) is 11.0 Å². The summed E-state index contributed by atoms with van der Waals surface area (Å²) in [5.41, 5.74) is 6.26. The molecule has 4 heteroatoms. The van der Waals surface area contributed by atoms with E-state index in [4.69, 9.17) is 0 Å². The van der Waals surface area contributed by atoms with Gasteiger partial charge in [0.1, 0.15) is 0 Å². The van der Waals surface area contributed by atoms with Gasteiger partial charge in [0.15, 0.2) is 0 Å². The Bertz CT molecular complexity index is 805. The number of fused-ring (bicyclic) bond motifs is 1. The molecule has 1 amide bonds. The number of rotatable bonds is 3. The van der Waals surface area contributed by atoms with E-state index in [1.807, 2.05) is 22.7 Å². The molecule has 1 heterocycles. The highest BCUT2D eigenvalue weighted by atomic mass is 32.2. The van der Waals surface area contributed by atoms with Gasteiger partial charge < -0.3 is 4.90 Å². The Morgan fingerprint density at radius 2 is 1.81 bits per heavy atom. The molecule has 2 aromatic rings. The lowest BCUT2D eigenvalue weighted by atomic mass is 10.0. The van der Waals surface area contributed by atoms with Gasteiger partial charge in [0.05, 0.1) is 11.4 Å². The highest BCUT2D eigenvalue weighted by Crippen LogP contribution is 2.38. The van der Waals surface area contributed by atoms with E-state index in [1.54, 1.807) is 11.8 Å². The molecular formula is C22H27NOS2. The summed E-state index contributed by atoms with van der Waals surface area (Å²) in [6, 6.07) is 10.5. The second kappa shape index (κ2) is 8.10. The standard InChI is InChI=1S/C22H27NOS2/c1-14-12-15(2)18(5)22(17(14)4)25-13-21(24)23-11-10-16(3)26-20-9-7-6-8-19(20)23/h6-9,12,16H,10-11,13H2,1-5H3/t16-/m1/s1. The first-order chi connectivity index (χ1) is 12.4. The lowest BCUT2D eigenvalue weighted by molar-refractivity contribution is -0.116. The smallest absolute Gasteiger partial charge is 0.237 e. The third-order valence-corrected chi connectivity index (χ3v) is 7.71. The third kappa shape index (κ3) is 3.96. The van der Waals surface area contributed by atoms with E-state index in [1.165, 1.54) is 32.0 Å². The largest absolute Gasteiger partial charge is 0.311 e. The zero-order chi connectivity index (χ0) is 18.8. The third-order valence-electron chi connectivity index (χ3n) is 5.18. The molecule has 2 aromatic carbocycles. The average Bonchev–Trinajstić information content (AvgIpc) is 2.78. The lowest BCUT2D eigenvalue weighted by Gasteiger charge is -2.23. The normalized spacial score (nSPS) is 17.0. The molecule has 2 nitrogen and oxygen atoms in total. The zero-order valence-electron chi connectivity index (χ0n) is 16.3. The van der Waals surface area contributed by atoms with E-state index in [2.05, 4.69) is 58.9 Å². The summed E-state index contributed by atoms with van der Waals surface area (Å²) in [6.07, 6.45) is 1.03. The molecule has 0 aromatic heterocycles. The Hall–Kier alpha value is -1.39. The van der Waals surface area contributed by atoms with E-state index >= 15 is 0 Å². The molecule has 1 aliphatic heterocycles. The van der Waals surface area contributed by atoms with Crippen molar-refractivity contribution in [2.45, 2.75) is 56.1 Å². The molecule has 1 atom stereocenters. The summed E-state index contributed by atoms with van der Waals surface area (Å²) in [5.74, 6) is 0.688. The van der Waals surface area contributed by atoms with Crippen LogP contribution in [0.1, 0.15) is 35.6 Å². The van der Waals surface area contributed by atoms with Crippen LogP contribution in [0.15, 0.2) is 40.1 Å². The highest BCUT2D eigenvalue weighted by molar-refractivity contribution is 8.00. The molecule has 0 fully saturated rings. The first-order valence-corrected chi connectivity index (χ1v) is 11.0. The number of benzene rings is 2. The molecule has 0 bridgehead atoms. The zero-order valence-corrected chi connectivity index (χ0v) is 17.9. The van der Waals surface area contributed by atoms with Crippen molar-refractivity contribution in [1.82, 2.24) is 0 Å². The molecule has 1 aliphatic rings. The number of amides is 1. The second-order valence-electron chi connectivity index (χ2n) is 7.11. The number of hydrogen-bond acceptors (Lipinski definition) is 3. The Balaban J connectivity index is 1.81.